The topological polar surface area (TPSA) is 36.3 Å². The van der Waals surface area contributed by atoms with E-state index in [0.717, 1.165) is 26.2 Å². The van der Waals surface area contributed by atoms with E-state index in [4.69, 9.17) is 9.47 Å². The summed E-state index contributed by atoms with van der Waals surface area (Å²) in [6.45, 7) is 7.74. The maximum atomic E-state index is 6.13. The van der Waals surface area contributed by atoms with Crippen molar-refractivity contribution in [3.05, 3.63) is 18.7 Å². The van der Waals surface area contributed by atoms with Crippen LogP contribution in [0, 0.1) is 0 Å². The minimum Gasteiger partial charge on any atom is -0.379 e. The summed E-state index contributed by atoms with van der Waals surface area (Å²) in [7, 11) is 0. The number of aromatic nitrogens is 2. The van der Waals surface area contributed by atoms with Crippen LogP contribution in [-0.2, 0) is 16.0 Å². The molecule has 28 heavy (non-hydrogen) atoms. The number of hydrogen-bond acceptors (Lipinski definition) is 3. The van der Waals surface area contributed by atoms with E-state index in [1.54, 1.807) is 0 Å². The van der Waals surface area contributed by atoms with Crippen LogP contribution in [0.5, 0.6) is 0 Å². The van der Waals surface area contributed by atoms with Crippen LogP contribution in [0.25, 0.3) is 0 Å². The average Bonchev–Trinajstić information content (AvgIpc) is 3.21. The van der Waals surface area contributed by atoms with Gasteiger partial charge in [-0.25, -0.2) is 4.98 Å². The fourth-order valence-electron chi connectivity index (χ4n) is 3.47. The lowest BCUT2D eigenvalue weighted by Gasteiger charge is -2.19. The van der Waals surface area contributed by atoms with Crippen molar-refractivity contribution in [2.24, 2.45) is 0 Å². The molecule has 0 saturated heterocycles. The van der Waals surface area contributed by atoms with Gasteiger partial charge in [-0.15, -0.1) is 0 Å². The van der Waals surface area contributed by atoms with Gasteiger partial charge in [0.15, 0.2) is 0 Å². The summed E-state index contributed by atoms with van der Waals surface area (Å²) in [4.78, 5) is 4.14. The highest BCUT2D eigenvalue weighted by Crippen LogP contribution is 2.09. The number of nitrogens with zero attached hydrogens (tertiary/aromatic N) is 2. The molecule has 0 aliphatic heterocycles. The quantitative estimate of drug-likeness (QED) is 0.215. The van der Waals surface area contributed by atoms with Crippen molar-refractivity contribution in [3.8, 4) is 0 Å². The Labute approximate surface area is 174 Å². The van der Waals surface area contributed by atoms with Gasteiger partial charge in [-0.2, -0.15) is 0 Å². The molecule has 0 aromatic carbocycles. The highest BCUT2D eigenvalue weighted by Gasteiger charge is 2.10. The summed E-state index contributed by atoms with van der Waals surface area (Å²) in [6.07, 6.45) is 24.3. The number of rotatable bonds is 21. The third-order valence-corrected chi connectivity index (χ3v) is 5.27. The van der Waals surface area contributed by atoms with Gasteiger partial charge >= 0.3 is 0 Å². The van der Waals surface area contributed by atoms with Crippen LogP contribution in [0.1, 0.15) is 104 Å². The van der Waals surface area contributed by atoms with Crippen molar-refractivity contribution >= 4 is 0 Å². The molecule has 0 N–H and O–H groups in total. The standard InChI is InChI=1S/C24H46N2O2/c1-3-5-7-9-11-12-13-15-19-27-22-24(21-26-18-17-25-23-26)28-20-16-14-10-8-6-4-2/h17-18,23-24H,3-16,19-22H2,1-2H3. The predicted octanol–water partition coefficient (Wildman–Crippen LogP) is 6.79. The van der Waals surface area contributed by atoms with E-state index in [2.05, 4.69) is 23.4 Å². The molecular weight excluding hydrogens is 348 g/mol. The van der Waals surface area contributed by atoms with Gasteiger partial charge in [0.2, 0.25) is 0 Å². The van der Waals surface area contributed by atoms with E-state index < -0.39 is 0 Å². The first-order valence-corrected chi connectivity index (χ1v) is 12.0. The van der Waals surface area contributed by atoms with E-state index in [1.165, 1.54) is 83.5 Å². The van der Waals surface area contributed by atoms with Gasteiger partial charge in [0.25, 0.3) is 0 Å². The monoisotopic (exact) mass is 394 g/mol. The molecule has 1 aromatic rings. The number of unbranched alkanes of at least 4 members (excludes halogenated alkanes) is 12. The second-order valence-electron chi connectivity index (χ2n) is 8.07. The summed E-state index contributed by atoms with van der Waals surface area (Å²) < 4.78 is 14.2. The molecule has 0 spiro atoms. The van der Waals surface area contributed by atoms with Crippen molar-refractivity contribution in [2.45, 2.75) is 116 Å². The molecule has 0 radical (unpaired) electrons. The first-order chi connectivity index (χ1) is 13.9. The lowest BCUT2D eigenvalue weighted by Crippen LogP contribution is -2.26. The first-order valence-electron chi connectivity index (χ1n) is 12.0. The fraction of sp³-hybridized carbons (Fsp3) is 0.875. The van der Waals surface area contributed by atoms with Gasteiger partial charge in [0, 0.05) is 25.6 Å². The smallest absolute Gasteiger partial charge is 0.0987 e. The van der Waals surface area contributed by atoms with E-state index >= 15 is 0 Å². The summed E-state index contributed by atoms with van der Waals surface area (Å²) in [5.74, 6) is 0. The molecule has 164 valence electrons. The van der Waals surface area contributed by atoms with Crippen molar-refractivity contribution in [1.82, 2.24) is 9.55 Å². The largest absolute Gasteiger partial charge is 0.379 e. The molecule has 0 saturated carbocycles. The summed E-state index contributed by atoms with van der Waals surface area (Å²) in [5.41, 5.74) is 0. The maximum Gasteiger partial charge on any atom is 0.0987 e. The summed E-state index contributed by atoms with van der Waals surface area (Å²) in [5, 5.41) is 0. The molecule has 1 aromatic heterocycles. The Hall–Kier alpha value is -0.870. The second-order valence-corrected chi connectivity index (χ2v) is 8.07. The van der Waals surface area contributed by atoms with Crippen molar-refractivity contribution in [1.29, 1.82) is 0 Å². The number of hydrogen-bond donors (Lipinski definition) is 0. The van der Waals surface area contributed by atoms with Crippen molar-refractivity contribution in [2.75, 3.05) is 19.8 Å². The minimum absolute atomic E-state index is 0.124. The predicted molar refractivity (Wildman–Crippen MR) is 119 cm³/mol. The maximum absolute atomic E-state index is 6.13. The zero-order chi connectivity index (χ0) is 20.1. The Morgan fingerprint density at radius 2 is 1.32 bits per heavy atom. The molecule has 4 nitrogen and oxygen atoms in total. The zero-order valence-electron chi connectivity index (χ0n) is 18.7. The fourth-order valence-corrected chi connectivity index (χ4v) is 3.47. The van der Waals surface area contributed by atoms with Crippen LogP contribution in [-0.4, -0.2) is 35.5 Å². The second kappa shape index (κ2) is 19.4. The van der Waals surface area contributed by atoms with Crippen LogP contribution in [0.2, 0.25) is 0 Å². The Bertz CT molecular complexity index is 409. The van der Waals surface area contributed by atoms with E-state index in [9.17, 15) is 0 Å². The molecule has 1 rings (SSSR count). The SMILES string of the molecule is CCCCCCCCCCOCC(Cn1ccnc1)OCCCCCCCC. The number of imidazole rings is 1. The van der Waals surface area contributed by atoms with Gasteiger partial charge in [0.1, 0.15) is 0 Å². The Morgan fingerprint density at radius 1 is 0.750 bits per heavy atom. The minimum atomic E-state index is 0.124. The molecule has 1 atom stereocenters. The molecule has 0 amide bonds. The van der Waals surface area contributed by atoms with Gasteiger partial charge < -0.3 is 14.0 Å². The molecule has 1 heterocycles. The van der Waals surface area contributed by atoms with Crippen LogP contribution >= 0.6 is 0 Å². The van der Waals surface area contributed by atoms with E-state index in [0.29, 0.717) is 6.61 Å². The molecule has 0 aliphatic rings. The van der Waals surface area contributed by atoms with Crippen LogP contribution < -0.4 is 0 Å². The van der Waals surface area contributed by atoms with Gasteiger partial charge in [-0.05, 0) is 12.8 Å². The van der Waals surface area contributed by atoms with E-state index in [-0.39, 0.29) is 6.10 Å². The Morgan fingerprint density at radius 3 is 1.89 bits per heavy atom. The van der Waals surface area contributed by atoms with Gasteiger partial charge in [0.05, 0.1) is 25.6 Å². The van der Waals surface area contributed by atoms with Gasteiger partial charge in [-0.3, -0.25) is 0 Å². The normalized spacial score (nSPS) is 12.5. The van der Waals surface area contributed by atoms with Crippen LogP contribution in [0.3, 0.4) is 0 Å². The molecular formula is C24H46N2O2. The Kier molecular flexibility index (Phi) is 17.5. The molecule has 1 unspecified atom stereocenters. The number of ether oxygens (including phenoxy) is 2. The lowest BCUT2D eigenvalue weighted by molar-refractivity contribution is -0.0265. The third-order valence-electron chi connectivity index (χ3n) is 5.27. The first kappa shape index (κ1) is 25.2. The van der Waals surface area contributed by atoms with Gasteiger partial charge in [-0.1, -0.05) is 90.9 Å². The van der Waals surface area contributed by atoms with E-state index in [1.807, 2.05) is 18.7 Å². The summed E-state index contributed by atoms with van der Waals surface area (Å²) >= 11 is 0. The van der Waals surface area contributed by atoms with Crippen LogP contribution in [0.15, 0.2) is 18.7 Å². The molecule has 0 fully saturated rings. The highest BCUT2D eigenvalue weighted by atomic mass is 16.5. The van der Waals surface area contributed by atoms with Crippen molar-refractivity contribution in [3.63, 3.8) is 0 Å². The third kappa shape index (κ3) is 15.1. The molecule has 4 heteroatoms. The van der Waals surface area contributed by atoms with Crippen molar-refractivity contribution < 1.29 is 9.47 Å². The van der Waals surface area contributed by atoms with Crippen LogP contribution in [0.4, 0.5) is 0 Å². The average molecular weight is 395 g/mol. The molecule has 0 bridgehead atoms. The zero-order valence-corrected chi connectivity index (χ0v) is 18.7. The molecule has 0 aliphatic carbocycles. The highest BCUT2D eigenvalue weighted by molar-refractivity contribution is 4.76. The Balaban J connectivity index is 2.07. The summed E-state index contributed by atoms with van der Waals surface area (Å²) in [6, 6.07) is 0. The lowest BCUT2D eigenvalue weighted by atomic mass is 10.1.